The van der Waals surface area contributed by atoms with Gasteiger partial charge in [0, 0.05) is 6.42 Å². The summed E-state index contributed by atoms with van der Waals surface area (Å²) in [5.41, 5.74) is 0. The molecule has 15 heteroatoms. The van der Waals surface area contributed by atoms with E-state index in [0.717, 1.165) is 0 Å². The van der Waals surface area contributed by atoms with Crippen LogP contribution >= 0.6 is 162 Å². The number of Topliss-reactive ketones (excluding diaryl/α,β-unsaturated/α-hetero) is 1. The molecule has 0 radical (unpaired) electrons. The molecule has 0 aromatic heterocycles. The van der Waals surface area contributed by atoms with Gasteiger partial charge in [0.15, 0.2) is 0 Å². The lowest BCUT2D eigenvalue weighted by Crippen LogP contribution is -1.95. The van der Waals surface area contributed by atoms with Gasteiger partial charge in [-0.25, -0.2) is 0 Å². The number of carbonyl (C=O) groups is 1. The van der Waals surface area contributed by atoms with E-state index in [2.05, 4.69) is 0 Å². The van der Waals surface area contributed by atoms with Crippen molar-refractivity contribution in [2.24, 2.45) is 0 Å². The van der Waals surface area contributed by atoms with E-state index < -0.39 is 4.84 Å². The summed E-state index contributed by atoms with van der Waals surface area (Å²) in [5, 5.41) is 1.17. The molecule has 0 atom stereocenters. The molecule has 0 aliphatic rings. The summed E-state index contributed by atoms with van der Waals surface area (Å²) >= 11 is 67.6. The molecule has 0 saturated heterocycles. The third-order valence-electron chi connectivity index (χ3n) is 0.442. The highest BCUT2D eigenvalue weighted by atomic mass is 35.6. The van der Waals surface area contributed by atoms with Gasteiger partial charge in [0.05, 0.1) is 32.0 Å². The number of halogens is 14. The zero-order valence-corrected chi connectivity index (χ0v) is 23.3. The summed E-state index contributed by atoms with van der Waals surface area (Å²) in [6, 6.07) is 0. The van der Waals surface area contributed by atoms with E-state index in [0.29, 0.717) is 0 Å². The van der Waals surface area contributed by atoms with Crippen LogP contribution in [0.2, 0.25) is 0 Å². The van der Waals surface area contributed by atoms with Crippen LogP contribution in [-0.2, 0) is 4.79 Å². The molecule has 0 aromatic rings. The lowest BCUT2D eigenvalue weighted by atomic mass is 10.4. The molecule has 0 rings (SSSR count). The van der Waals surface area contributed by atoms with Crippen molar-refractivity contribution in [2.45, 2.75) is 18.2 Å². The van der Waals surface area contributed by atoms with Crippen LogP contribution in [0.15, 0.2) is 0 Å². The number of ketones is 1. The molecule has 0 bridgehead atoms. The van der Waals surface area contributed by atoms with Gasteiger partial charge in [-0.2, -0.15) is 0 Å². The lowest BCUT2D eigenvalue weighted by molar-refractivity contribution is -0.116. The minimum Gasteiger partial charge on any atom is -0.300 e. The Labute approximate surface area is 220 Å². The average molecular weight is 651 g/mol. The van der Waals surface area contributed by atoms with Crippen molar-refractivity contribution in [3.8, 4) is 0 Å². The SMILES string of the molecule is CC(=O)CC(Cl)Cl.ClCCl.ClCCl.ClCCl.ClCCl.ClCCl.ClCCl. The van der Waals surface area contributed by atoms with Crippen molar-refractivity contribution in [3.05, 3.63) is 0 Å². The number of hydrogen-bond acceptors (Lipinski definition) is 1. The summed E-state index contributed by atoms with van der Waals surface area (Å²) in [4.78, 5) is 9.56. The van der Waals surface area contributed by atoms with E-state index in [9.17, 15) is 4.79 Å². The molecule has 0 unspecified atom stereocenters. The van der Waals surface area contributed by atoms with Crippen molar-refractivity contribution in [2.75, 3.05) is 32.0 Å². The van der Waals surface area contributed by atoms with Crippen molar-refractivity contribution < 1.29 is 4.79 Å². The van der Waals surface area contributed by atoms with Gasteiger partial charge in [-0.1, -0.05) is 0 Å². The number of rotatable bonds is 2. The Balaban J connectivity index is -0.0000000316. The summed E-state index contributed by atoms with van der Waals surface area (Å²) in [5.74, 6) is 0.0231. The standard InChI is InChI=1S/C4H6Cl2O.6CH2Cl2/c1-3(7)2-4(5)6;6*2-1-3/h4H,2H2,1H3;6*1H2. The second kappa shape index (κ2) is 70.8. The van der Waals surface area contributed by atoms with Crippen molar-refractivity contribution in [1.29, 1.82) is 0 Å². The van der Waals surface area contributed by atoms with E-state index in [1.165, 1.54) is 6.92 Å². The van der Waals surface area contributed by atoms with E-state index in [1.807, 2.05) is 0 Å². The maximum atomic E-state index is 10.1. The number of hydrogen-bond donors (Lipinski definition) is 0. The number of carbonyl (C=O) groups excluding carboxylic acids is 1. The van der Waals surface area contributed by atoms with Gasteiger partial charge in [-0.15, -0.1) is 162 Å². The quantitative estimate of drug-likeness (QED) is 0.272. The first-order valence-electron chi connectivity index (χ1n) is 5.11. The molecule has 25 heavy (non-hydrogen) atoms. The fourth-order valence-electron chi connectivity index (χ4n) is 0.217. The highest BCUT2D eigenvalue weighted by molar-refractivity contribution is 6.45. The van der Waals surface area contributed by atoms with E-state index in [1.54, 1.807) is 0 Å². The Morgan fingerprint density at radius 2 is 0.680 bits per heavy atom. The topological polar surface area (TPSA) is 17.1 Å². The maximum Gasteiger partial charge on any atom is 0.132 e. The van der Waals surface area contributed by atoms with Gasteiger partial charge in [0.25, 0.3) is 0 Å². The average Bonchev–Trinajstić information content (AvgIpc) is 2.42. The maximum absolute atomic E-state index is 10.1. The van der Waals surface area contributed by atoms with Crippen LogP contribution < -0.4 is 0 Å². The van der Waals surface area contributed by atoms with Crippen LogP contribution in [-0.4, -0.2) is 42.7 Å². The zero-order valence-electron chi connectivity index (χ0n) is 12.7. The normalized spacial score (nSPS) is 7.04. The van der Waals surface area contributed by atoms with Gasteiger partial charge in [0.2, 0.25) is 0 Å². The van der Waals surface area contributed by atoms with Crippen LogP contribution in [0.3, 0.4) is 0 Å². The molecule has 0 aliphatic carbocycles. The van der Waals surface area contributed by atoms with Crippen LogP contribution in [0, 0.1) is 0 Å². The molecule has 0 saturated carbocycles. The van der Waals surface area contributed by atoms with Gasteiger partial charge >= 0.3 is 0 Å². The first-order chi connectivity index (χ1) is 11.6. The van der Waals surface area contributed by atoms with Gasteiger partial charge in [-0.3, -0.25) is 4.79 Å². The summed E-state index contributed by atoms with van der Waals surface area (Å²) < 4.78 is 0. The highest BCUT2D eigenvalue weighted by Gasteiger charge is 2.00. The molecule has 162 valence electrons. The van der Waals surface area contributed by atoms with Crippen molar-refractivity contribution in [3.63, 3.8) is 0 Å². The second-order valence-corrected chi connectivity index (χ2v) is 8.03. The van der Waals surface area contributed by atoms with Crippen molar-refractivity contribution in [1.82, 2.24) is 0 Å². The summed E-state index contributed by atoms with van der Waals surface area (Å²) in [6.45, 7) is 1.46. The smallest absolute Gasteiger partial charge is 0.132 e. The first-order valence-corrected chi connectivity index (χ1v) is 12.4. The molecule has 0 spiro atoms. The predicted octanol–water partition coefficient (Wildman–Crippen LogP) is 10.3. The molecular formula is C10H18Cl14O. The largest absolute Gasteiger partial charge is 0.300 e. The molecule has 0 heterocycles. The van der Waals surface area contributed by atoms with E-state index in [-0.39, 0.29) is 44.2 Å². The Hall–Kier alpha value is 3.73. The molecule has 1 nitrogen and oxygen atoms in total. The Bertz CT molecular complexity index is 136. The minimum atomic E-state index is -0.530. The fraction of sp³-hybridized carbons (Fsp3) is 0.900. The Kier molecular flexibility index (Phi) is 132. The monoisotopic (exact) mass is 644 g/mol. The first kappa shape index (κ1) is 46.8. The van der Waals surface area contributed by atoms with Gasteiger partial charge < -0.3 is 0 Å². The van der Waals surface area contributed by atoms with Gasteiger partial charge in [-0.05, 0) is 6.92 Å². The highest BCUT2D eigenvalue weighted by Crippen LogP contribution is 2.05. The molecular weight excluding hydrogens is 632 g/mol. The Morgan fingerprint density at radius 3 is 0.680 bits per heavy atom. The molecule has 0 aromatic carbocycles. The summed E-state index contributed by atoms with van der Waals surface area (Å²) in [7, 11) is 0. The van der Waals surface area contributed by atoms with E-state index >= 15 is 0 Å². The van der Waals surface area contributed by atoms with Crippen LogP contribution in [0.25, 0.3) is 0 Å². The van der Waals surface area contributed by atoms with Gasteiger partial charge in [0.1, 0.15) is 10.6 Å². The third-order valence-corrected chi connectivity index (χ3v) is 0.750. The van der Waals surface area contributed by atoms with Crippen molar-refractivity contribution >= 4 is 168 Å². The molecule has 0 fully saturated rings. The lowest BCUT2D eigenvalue weighted by Gasteiger charge is -1.90. The third kappa shape index (κ3) is 307. The molecule has 0 N–H and O–H groups in total. The van der Waals surface area contributed by atoms with Crippen LogP contribution in [0.1, 0.15) is 13.3 Å². The van der Waals surface area contributed by atoms with Crippen LogP contribution in [0.5, 0.6) is 0 Å². The number of alkyl halides is 14. The minimum absolute atomic E-state index is 0.0231. The Morgan fingerprint density at radius 1 is 0.560 bits per heavy atom. The fourth-order valence-corrected chi connectivity index (χ4v) is 0.652. The zero-order chi connectivity index (χ0) is 22.1. The van der Waals surface area contributed by atoms with Crippen LogP contribution in [0.4, 0.5) is 0 Å². The molecule has 0 amide bonds. The summed E-state index contributed by atoms with van der Waals surface area (Å²) in [6.07, 6.45) is 0.253. The second-order valence-electron chi connectivity index (χ2n) is 1.90. The van der Waals surface area contributed by atoms with E-state index in [4.69, 9.17) is 162 Å². The predicted molar refractivity (Wildman–Crippen MR) is 130 cm³/mol. The molecule has 0 aliphatic heterocycles.